The van der Waals surface area contributed by atoms with Gasteiger partial charge in [-0.1, -0.05) is 18.9 Å². The number of unbranched alkanes of at least 4 members (excludes halogenated alkanes) is 3. The van der Waals surface area contributed by atoms with Gasteiger partial charge in [-0.3, -0.25) is 4.79 Å². The number of amides is 1. The summed E-state index contributed by atoms with van der Waals surface area (Å²) in [5, 5.41) is 0. The van der Waals surface area contributed by atoms with Gasteiger partial charge in [-0.05, 0) is 68.8 Å². The molecular formula is C18H29ClN2O. The molecule has 22 heavy (non-hydrogen) atoms. The molecule has 4 heteroatoms. The third-order valence-corrected chi connectivity index (χ3v) is 4.34. The Morgan fingerprint density at radius 1 is 1.18 bits per heavy atom. The number of fused-ring (bicyclic) bond motifs is 1. The Hall–Kier alpha value is -1.06. The fraction of sp³-hybridized carbons (Fsp3) is 0.611. The Labute approximate surface area is 140 Å². The second kappa shape index (κ2) is 9.16. The van der Waals surface area contributed by atoms with E-state index in [4.69, 9.17) is 5.73 Å². The summed E-state index contributed by atoms with van der Waals surface area (Å²) in [7, 11) is 0. The number of halogens is 1. The number of benzene rings is 1. The molecule has 0 spiro atoms. The molecule has 0 aromatic heterocycles. The lowest BCUT2D eigenvalue weighted by Gasteiger charge is -2.31. The van der Waals surface area contributed by atoms with Crippen molar-refractivity contribution in [1.29, 1.82) is 0 Å². The highest BCUT2D eigenvalue weighted by molar-refractivity contribution is 5.94. The fourth-order valence-electron chi connectivity index (χ4n) is 3.24. The van der Waals surface area contributed by atoms with Crippen LogP contribution in [0.2, 0.25) is 0 Å². The smallest absolute Gasteiger partial charge is 0.226 e. The van der Waals surface area contributed by atoms with Crippen LogP contribution in [0.15, 0.2) is 12.1 Å². The van der Waals surface area contributed by atoms with Crippen LogP contribution in [0.3, 0.4) is 0 Å². The number of anilines is 1. The highest BCUT2D eigenvalue weighted by Gasteiger charge is 2.23. The standard InChI is InChI=1S/C18H28N2O.ClH/c1-14-12-15(2)16-8-7-11-20(17(16)13-14)18(21)9-5-3-4-6-10-19;/h12-13H,3-11,19H2,1-2H3;1H. The Morgan fingerprint density at radius 2 is 1.91 bits per heavy atom. The number of carbonyl (C=O) groups is 1. The van der Waals surface area contributed by atoms with E-state index in [1.54, 1.807) is 0 Å². The van der Waals surface area contributed by atoms with Gasteiger partial charge in [0, 0.05) is 18.7 Å². The van der Waals surface area contributed by atoms with Gasteiger partial charge in [0.25, 0.3) is 0 Å². The largest absolute Gasteiger partial charge is 0.330 e. The van der Waals surface area contributed by atoms with E-state index in [0.717, 1.165) is 57.3 Å². The zero-order valence-electron chi connectivity index (χ0n) is 13.9. The van der Waals surface area contributed by atoms with Gasteiger partial charge in [-0.2, -0.15) is 0 Å². The quantitative estimate of drug-likeness (QED) is 0.806. The maximum atomic E-state index is 12.5. The summed E-state index contributed by atoms with van der Waals surface area (Å²) in [4.78, 5) is 14.5. The summed E-state index contributed by atoms with van der Waals surface area (Å²) in [6.07, 6.45) is 7.14. The van der Waals surface area contributed by atoms with E-state index in [-0.39, 0.29) is 18.3 Å². The highest BCUT2D eigenvalue weighted by Crippen LogP contribution is 2.31. The molecule has 0 atom stereocenters. The van der Waals surface area contributed by atoms with Gasteiger partial charge in [-0.15, -0.1) is 12.4 Å². The number of nitrogens with two attached hydrogens (primary N) is 1. The molecule has 1 aliphatic rings. The zero-order chi connectivity index (χ0) is 15.2. The molecule has 0 fully saturated rings. The lowest BCUT2D eigenvalue weighted by Crippen LogP contribution is -2.35. The van der Waals surface area contributed by atoms with E-state index >= 15 is 0 Å². The SMILES string of the molecule is Cc1cc(C)c2c(c1)N(C(=O)CCCCCCN)CCC2.Cl. The minimum Gasteiger partial charge on any atom is -0.330 e. The van der Waals surface area contributed by atoms with E-state index in [2.05, 4.69) is 26.0 Å². The first kappa shape index (κ1) is 19.0. The number of nitrogens with zero attached hydrogens (tertiary/aromatic N) is 1. The molecule has 1 aliphatic heterocycles. The van der Waals surface area contributed by atoms with Crippen molar-refractivity contribution < 1.29 is 4.79 Å². The molecule has 0 unspecified atom stereocenters. The predicted octanol–water partition coefficient (Wildman–Crippen LogP) is 3.91. The highest BCUT2D eigenvalue weighted by atomic mass is 35.5. The molecule has 2 rings (SSSR count). The molecule has 0 saturated carbocycles. The summed E-state index contributed by atoms with van der Waals surface area (Å²) in [5.41, 5.74) is 10.6. The van der Waals surface area contributed by atoms with Crippen molar-refractivity contribution in [2.24, 2.45) is 5.73 Å². The van der Waals surface area contributed by atoms with Gasteiger partial charge in [0.2, 0.25) is 5.91 Å². The average molecular weight is 325 g/mol. The predicted molar refractivity (Wildman–Crippen MR) is 96.0 cm³/mol. The Kier molecular flexibility index (Phi) is 7.91. The molecule has 2 N–H and O–H groups in total. The topological polar surface area (TPSA) is 46.3 Å². The van der Waals surface area contributed by atoms with Crippen LogP contribution in [-0.2, 0) is 11.2 Å². The van der Waals surface area contributed by atoms with Crippen LogP contribution in [0.5, 0.6) is 0 Å². The minimum atomic E-state index is 0. The molecule has 1 heterocycles. The molecule has 124 valence electrons. The molecule has 0 saturated heterocycles. The molecule has 1 amide bonds. The van der Waals surface area contributed by atoms with Crippen molar-refractivity contribution in [3.63, 3.8) is 0 Å². The van der Waals surface area contributed by atoms with E-state index in [0.29, 0.717) is 6.42 Å². The van der Waals surface area contributed by atoms with Crippen molar-refractivity contribution in [3.8, 4) is 0 Å². The Balaban J connectivity index is 0.00000242. The van der Waals surface area contributed by atoms with Crippen molar-refractivity contribution in [1.82, 2.24) is 0 Å². The molecule has 0 bridgehead atoms. The molecular weight excluding hydrogens is 296 g/mol. The summed E-state index contributed by atoms with van der Waals surface area (Å²) < 4.78 is 0. The summed E-state index contributed by atoms with van der Waals surface area (Å²) in [6, 6.07) is 4.40. The molecule has 0 aliphatic carbocycles. The van der Waals surface area contributed by atoms with Crippen LogP contribution in [-0.4, -0.2) is 19.0 Å². The monoisotopic (exact) mass is 324 g/mol. The van der Waals surface area contributed by atoms with Crippen molar-refractivity contribution >= 4 is 24.0 Å². The third kappa shape index (κ3) is 4.72. The van der Waals surface area contributed by atoms with E-state index in [1.807, 2.05) is 4.90 Å². The maximum Gasteiger partial charge on any atom is 0.226 e. The van der Waals surface area contributed by atoms with Crippen LogP contribution in [0.4, 0.5) is 5.69 Å². The van der Waals surface area contributed by atoms with Gasteiger partial charge in [0.1, 0.15) is 0 Å². The lowest BCUT2D eigenvalue weighted by molar-refractivity contribution is -0.118. The van der Waals surface area contributed by atoms with Crippen LogP contribution in [0, 0.1) is 13.8 Å². The summed E-state index contributed by atoms with van der Waals surface area (Å²) >= 11 is 0. The van der Waals surface area contributed by atoms with Crippen molar-refractivity contribution in [3.05, 3.63) is 28.8 Å². The molecule has 0 radical (unpaired) electrons. The lowest BCUT2D eigenvalue weighted by atomic mass is 9.94. The van der Waals surface area contributed by atoms with E-state index < -0.39 is 0 Å². The molecule has 1 aromatic carbocycles. The first-order chi connectivity index (χ1) is 10.1. The first-order valence-corrected chi connectivity index (χ1v) is 8.24. The van der Waals surface area contributed by atoms with Crippen LogP contribution in [0.1, 0.15) is 55.2 Å². The first-order valence-electron chi connectivity index (χ1n) is 8.24. The number of aryl methyl sites for hydroxylation is 2. The molecule has 1 aromatic rings. The summed E-state index contributed by atoms with van der Waals surface area (Å²) in [5.74, 6) is 0.286. The van der Waals surface area contributed by atoms with Gasteiger partial charge >= 0.3 is 0 Å². The number of hydrogen-bond acceptors (Lipinski definition) is 2. The van der Waals surface area contributed by atoms with Gasteiger partial charge < -0.3 is 10.6 Å². The van der Waals surface area contributed by atoms with Crippen LogP contribution >= 0.6 is 12.4 Å². The van der Waals surface area contributed by atoms with Gasteiger partial charge in [0.15, 0.2) is 0 Å². The number of carbonyl (C=O) groups excluding carboxylic acids is 1. The third-order valence-electron chi connectivity index (χ3n) is 4.34. The number of hydrogen-bond donors (Lipinski definition) is 1. The van der Waals surface area contributed by atoms with Gasteiger partial charge in [0.05, 0.1) is 0 Å². The second-order valence-corrected chi connectivity index (χ2v) is 6.18. The number of rotatable bonds is 6. The van der Waals surface area contributed by atoms with E-state index in [9.17, 15) is 4.79 Å². The zero-order valence-corrected chi connectivity index (χ0v) is 14.7. The van der Waals surface area contributed by atoms with Crippen molar-refractivity contribution in [2.75, 3.05) is 18.0 Å². The van der Waals surface area contributed by atoms with Crippen molar-refractivity contribution in [2.45, 2.75) is 58.8 Å². The van der Waals surface area contributed by atoms with E-state index in [1.165, 1.54) is 16.7 Å². The fourth-order valence-corrected chi connectivity index (χ4v) is 3.24. The second-order valence-electron chi connectivity index (χ2n) is 6.18. The van der Waals surface area contributed by atoms with Crippen LogP contribution < -0.4 is 10.6 Å². The van der Waals surface area contributed by atoms with Gasteiger partial charge in [-0.25, -0.2) is 0 Å². The Morgan fingerprint density at radius 3 is 2.64 bits per heavy atom. The van der Waals surface area contributed by atoms with Crippen LogP contribution in [0.25, 0.3) is 0 Å². The minimum absolute atomic E-state index is 0. The average Bonchev–Trinajstić information content (AvgIpc) is 2.46. The Bertz CT molecular complexity index is 502. The summed E-state index contributed by atoms with van der Waals surface area (Å²) in [6.45, 7) is 5.90. The molecule has 3 nitrogen and oxygen atoms in total. The maximum absolute atomic E-state index is 12.5. The normalized spacial score (nSPS) is 13.5.